The van der Waals surface area contributed by atoms with Crippen LogP contribution >= 0.6 is 0 Å². The highest BCUT2D eigenvalue weighted by Gasteiger charge is 2.05. The van der Waals surface area contributed by atoms with Crippen molar-refractivity contribution >= 4 is 10.9 Å². The normalized spacial score (nSPS) is 12.8. The van der Waals surface area contributed by atoms with Crippen LogP contribution in [0.2, 0.25) is 0 Å². The van der Waals surface area contributed by atoms with Gasteiger partial charge in [-0.3, -0.25) is 0 Å². The molecule has 0 aliphatic rings. The zero-order chi connectivity index (χ0) is 9.42. The third-order valence-corrected chi connectivity index (χ3v) is 1.39. The van der Waals surface area contributed by atoms with Gasteiger partial charge in [0.15, 0.2) is 0 Å². The van der Waals surface area contributed by atoms with E-state index in [1.165, 1.54) is 13.2 Å². The molecule has 0 atom stereocenters. The minimum atomic E-state index is 0.0793. The summed E-state index contributed by atoms with van der Waals surface area (Å²) in [5, 5.41) is 4.14. The van der Waals surface area contributed by atoms with Crippen LogP contribution in [0.4, 0.5) is 0 Å². The molecule has 0 aliphatic heterocycles. The van der Waals surface area contributed by atoms with Gasteiger partial charge in [-0.15, -0.1) is 0 Å². The summed E-state index contributed by atoms with van der Waals surface area (Å²) >= 11 is 0. The minimum Gasteiger partial charge on any atom is -0.467 e. The first-order valence-corrected chi connectivity index (χ1v) is 3.13. The van der Waals surface area contributed by atoms with Gasteiger partial charge in [-0.05, 0) is 12.1 Å². The highest BCUT2D eigenvalue weighted by atomic mass is 16.6. The largest absolute Gasteiger partial charge is 0.467 e. The molecule has 0 unspecified atom stereocenters. The molecule has 2 rings (SSSR count). The molecule has 3 nitrogen and oxygen atoms in total. The lowest BCUT2D eigenvalue weighted by atomic mass is 10.2. The first kappa shape index (κ1) is 4.38. The number of aromatic nitrogens is 1. The Morgan fingerprint density at radius 3 is 3.45 bits per heavy atom. The maximum absolute atomic E-state index is 7.58. The first-order chi connectivity index (χ1) is 6.24. The Bertz CT molecular complexity index is 453. The maximum Gasteiger partial charge on any atom is 0.318 e. The van der Waals surface area contributed by atoms with E-state index in [2.05, 4.69) is 5.16 Å². The monoisotopic (exact) mass is 151 g/mol. The number of hydrogen-bond acceptors (Lipinski definition) is 3. The van der Waals surface area contributed by atoms with Crippen LogP contribution in [0, 0.1) is 0 Å². The Morgan fingerprint density at radius 1 is 1.73 bits per heavy atom. The van der Waals surface area contributed by atoms with Crippen molar-refractivity contribution < 1.29 is 12.0 Å². The van der Waals surface area contributed by atoms with Gasteiger partial charge in [0.05, 0.1) is 15.2 Å². The van der Waals surface area contributed by atoms with E-state index in [4.69, 9.17) is 12.0 Å². The van der Waals surface area contributed by atoms with Crippen molar-refractivity contribution in [1.82, 2.24) is 5.16 Å². The Balaban J connectivity index is 2.85. The molecule has 0 saturated heterocycles. The van der Waals surface area contributed by atoms with Crippen molar-refractivity contribution in [2.24, 2.45) is 0 Å². The lowest BCUT2D eigenvalue weighted by Gasteiger charge is -1.89. The average molecular weight is 151 g/mol. The molecule has 0 spiro atoms. The summed E-state index contributed by atoms with van der Waals surface area (Å²) in [6, 6.07) is 3.35. The quantitative estimate of drug-likeness (QED) is 0.623. The topological polar surface area (TPSA) is 35.3 Å². The average Bonchev–Trinajstić information content (AvgIpc) is 2.55. The van der Waals surface area contributed by atoms with E-state index in [9.17, 15) is 0 Å². The smallest absolute Gasteiger partial charge is 0.318 e. The number of benzene rings is 1. The second kappa shape index (κ2) is 2.27. The molecule has 1 aromatic carbocycles. The van der Waals surface area contributed by atoms with Gasteiger partial charge in [-0.25, -0.2) is 0 Å². The summed E-state index contributed by atoms with van der Waals surface area (Å²) in [7, 11) is 1.44. The molecule has 1 aromatic heterocycles. The van der Waals surface area contributed by atoms with Gasteiger partial charge in [-0.2, -0.15) is 0 Å². The number of rotatable bonds is 1. The number of ether oxygens (including phenoxy) is 1. The SMILES string of the molecule is [2H]c1ccc2noc(OC)c2c1[2H]. The van der Waals surface area contributed by atoms with Crippen molar-refractivity contribution in [2.45, 2.75) is 0 Å². The van der Waals surface area contributed by atoms with Crippen LogP contribution in [0.15, 0.2) is 28.7 Å². The summed E-state index contributed by atoms with van der Waals surface area (Å²) in [6.07, 6.45) is 0. The zero-order valence-corrected chi connectivity index (χ0v) is 5.92. The highest BCUT2D eigenvalue weighted by Crippen LogP contribution is 2.23. The van der Waals surface area contributed by atoms with Gasteiger partial charge in [0.2, 0.25) is 0 Å². The van der Waals surface area contributed by atoms with Crippen molar-refractivity contribution in [2.75, 3.05) is 7.11 Å². The maximum atomic E-state index is 7.58. The van der Waals surface area contributed by atoms with E-state index < -0.39 is 0 Å². The molecule has 3 heteroatoms. The summed E-state index contributed by atoms with van der Waals surface area (Å²) in [4.78, 5) is 0. The van der Waals surface area contributed by atoms with E-state index in [-0.39, 0.29) is 18.0 Å². The van der Waals surface area contributed by atoms with Crippen LogP contribution in [0.5, 0.6) is 5.95 Å². The number of nitrogens with zero attached hydrogens (tertiary/aromatic N) is 1. The molecular weight excluding hydrogens is 142 g/mol. The fourth-order valence-electron chi connectivity index (χ4n) is 0.889. The van der Waals surface area contributed by atoms with Gasteiger partial charge in [0, 0.05) is 0 Å². The predicted octanol–water partition coefficient (Wildman–Crippen LogP) is 1.84. The Hall–Kier alpha value is -1.51. The molecule has 0 fully saturated rings. The van der Waals surface area contributed by atoms with Crippen molar-refractivity contribution in [3.8, 4) is 5.95 Å². The van der Waals surface area contributed by atoms with E-state index in [1.807, 2.05) is 0 Å². The molecule has 0 bridgehead atoms. The highest BCUT2D eigenvalue weighted by molar-refractivity contribution is 5.82. The van der Waals surface area contributed by atoms with Crippen LogP contribution in [-0.4, -0.2) is 12.3 Å². The van der Waals surface area contributed by atoms with Gasteiger partial charge in [0.25, 0.3) is 0 Å². The standard InChI is InChI=1S/C8H7NO2/c1-10-8-6-4-2-3-5-7(6)9-11-8/h2-5H,1H3/i2D,4D. The number of fused-ring (bicyclic) bond motifs is 1. The third kappa shape index (κ3) is 0.852. The van der Waals surface area contributed by atoms with E-state index in [0.29, 0.717) is 10.9 Å². The third-order valence-electron chi connectivity index (χ3n) is 1.39. The van der Waals surface area contributed by atoms with Crippen molar-refractivity contribution in [3.05, 3.63) is 24.2 Å². The first-order valence-electron chi connectivity index (χ1n) is 4.13. The van der Waals surface area contributed by atoms with Gasteiger partial charge < -0.3 is 9.26 Å². The summed E-state index contributed by atoms with van der Waals surface area (Å²) in [5.74, 6) is 0.189. The zero-order valence-electron chi connectivity index (χ0n) is 7.92. The molecule has 56 valence electrons. The number of hydrogen-bond donors (Lipinski definition) is 0. The van der Waals surface area contributed by atoms with Crippen molar-refractivity contribution in [3.63, 3.8) is 0 Å². The summed E-state index contributed by atoms with van der Waals surface area (Å²) in [6.45, 7) is 0. The van der Waals surface area contributed by atoms with Crippen molar-refractivity contribution in [1.29, 1.82) is 0 Å². The number of methoxy groups -OCH3 is 1. The molecule has 0 N–H and O–H groups in total. The van der Waals surface area contributed by atoms with E-state index in [0.717, 1.165) is 0 Å². The van der Waals surface area contributed by atoms with Crippen LogP contribution in [-0.2, 0) is 0 Å². The van der Waals surface area contributed by atoms with Gasteiger partial charge >= 0.3 is 5.95 Å². The Morgan fingerprint density at radius 2 is 2.64 bits per heavy atom. The van der Waals surface area contributed by atoms with E-state index >= 15 is 0 Å². The van der Waals surface area contributed by atoms with E-state index in [1.54, 1.807) is 6.07 Å². The molecule has 0 amide bonds. The minimum absolute atomic E-state index is 0.0793. The molecular formula is C8H7NO2. The van der Waals surface area contributed by atoms with Crippen LogP contribution in [0.3, 0.4) is 0 Å². The molecule has 0 radical (unpaired) electrons. The summed E-state index contributed by atoms with van der Waals surface area (Å²) in [5.41, 5.74) is 0.540. The molecule has 0 saturated carbocycles. The summed E-state index contributed by atoms with van der Waals surface area (Å²) < 4.78 is 24.7. The lowest BCUT2D eigenvalue weighted by Crippen LogP contribution is -1.77. The second-order valence-corrected chi connectivity index (χ2v) is 2.04. The van der Waals surface area contributed by atoms with Crippen LogP contribution in [0.1, 0.15) is 2.74 Å². The predicted molar refractivity (Wildman–Crippen MR) is 40.6 cm³/mol. The molecule has 2 aromatic rings. The molecule has 0 aliphatic carbocycles. The van der Waals surface area contributed by atoms with Crippen LogP contribution in [0.25, 0.3) is 10.9 Å². The molecule has 1 heterocycles. The lowest BCUT2D eigenvalue weighted by molar-refractivity contribution is 0.266. The van der Waals surface area contributed by atoms with Crippen LogP contribution < -0.4 is 4.74 Å². The Labute approximate surface area is 66.4 Å². The Kier molecular flexibility index (Phi) is 0.904. The fourth-order valence-corrected chi connectivity index (χ4v) is 0.889. The van der Waals surface area contributed by atoms with Gasteiger partial charge in [-0.1, -0.05) is 17.3 Å². The fraction of sp³-hybridized carbons (Fsp3) is 0.125. The molecule has 11 heavy (non-hydrogen) atoms. The second-order valence-electron chi connectivity index (χ2n) is 2.04. The van der Waals surface area contributed by atoms with Gasteiger partial charge in [0.1, 0.15) is 5.52 Å².